The average Bonchev–Trinajstić information content (AvgIpc) is 2.85. The Labute approximate surface area is 158 Å². The minimum atomic E-state index is -0.523. The standard InChI is InChI=1S/C19H25N3O5/c1-12(2)17-7-6-16(10-13(17)3)26-8-9-27-18(23)11-21-15(5)19(22(24)25)14(4)20-21/h6-7,10,12H,8-9,11H2,1-5H3. The number of aromatic nitrogens is 2. The predicted octanol–water partition coefficient (Wildman–Crippen LogP) is 3.46. The number of esters is 1. The molecule has 0 aliphatic rings. The molecule has 0 saturated carbocycles. The summed E-state index contributed by atoms with van der Waals surface area (Å²) in [4.78, 5) is 22.4. The van der Waals surface area contributed by atoms with Crippen LogP contribution in [0.25, 0.3) is 0 Å². The van der Waals surface area contributed by atoms with Crippen LogP contribution >= 0.6 is 0 Å². The lowest BCUT2D eigenvalue weighted by Crippen LogP contribution is -2.18. The van der Waals surface area contributed by atoms with Gasteiger partial charge in [-0.2, -0.15) is 5.10 Å². The van der Waals surface area contributed by atoms with Gasteiger partial charge in [0.15, 0.2) is 0 Å². The molecule has 0 radical (unpaired) electrons. The normalized spacial score (nSPS) is 10.9. The van der Waals surface area contributed by atoms with Crippen molar-refractivity contribution in [1.29, 1.82) is 0 Å². The van der Waals surface area contributed by atoms with Crippen LogP contribution in [0, 0.1) is 30.9 Å². The van der Waals surface area contributed by atoms with Crippen LogP contribution in [0.3, 0.4) is 0 Å². The summed E-state index contributed by atoms with van der Waals surface area (Å²) in [6, 6.07) is 5.91. The molecule has 0 aliphatic heterocycles. The molecular weight excluding hydrogens is 350 g/mol. The fourth-order valence-corrected chi connectivity index (χ4v) is 2.97. The van der Waals surface area contributed by atoms with Gasteiger partial charge in [-0.05, 0) is 49.9 Å². The van der Waals surface area contributed by atoms with Gasteiger partial charge in [0.2, 0.25) is 0 Å². The van der Waals surface area contributed by atoms with Gasteiger partial charge in [-0.25, -0.2) is 0 Å². The first-order valence-electron chi connectivity index (χ1n) is 8.78. The zero-order valence-electron chi connectivity index (χ0n) is 16.3. The van der Waals surface area contributed by atoms with E-state index in [0.29, 0.717) is 11.6 Å². The quantitative estimate of drug-likeness (QED) is 0.303. The van der Waals surface area contributed by atoms with Crippen LogP contribution in [0.4, 0.5) is 5.69 Å². The first-order valence-corrected chi connectivity index (χ1v) is 8.78. The summed E-state index contributed by atoms with van der Waals surface area (Å²) in [5.41, 5.74) is 2.95. The van der Waals surface area contributed by atoms with Crippen molar-refractivity contribution in [2.45, 2.75) is 47.1 Å². The Morgan fingerprint density at radius 2 is 1.96 bits per heavy atom. The van der Waals surface area contributed by atoms with Gasteiger partial charge in [-0.3, -0.25) is 19.6 Å². The first-order chi connectivity index (χ1) is 12.7. The van der Waals surface area contributed by atoms with Crippen molar-refractivity contribution in [3.8, 4) is 5.75 Å². The van der Waals surface area contributed by atoms with Crippen molar-refractivity contribution >= 4 is 11.7 Å². The van der Waals surface area contributed by atoms with Crippen molar-refractivity contribution in [2.75, 3.05) is 13.2 Å². The van der Waals surface area contributed by atoms with E-state index in [1.807, 2.05) is 25.1 Å². The second-order valence-corrected chi connectivity index (χ2v) is 6.68. The molecule has 0 bridgehead atoms. The Balaban J connectivity index is 1.83. The molecular formula is C19H25N3O5. The number of nitro groups is 1. The third-order valence-corrected chi connectivity index (χ3v) is 4.28. The second kappa shape index (κ2) is 8.66. The van der Waals surface area contributed by atoms with E-state index in [0.717, 1.165) is 11.3 Å². The molecule has 146 valence electrons. The number of hydrogen-bond acceptors (Lipinski definition) is 6. The molecule has 0 atom stereocenters. The number of carbonyl (C=O) groups is 1. The van der Waals surface area contributed by atoms with Crippen molar-refractivity contribution in [3.05, 3.63) is 50.8 Å². The molecule has 0 spiro atoms. The van der Waals surface area contributed by atoms with E-state index in [4.69, 9.17) is 9.47 Å². The molecule has 0 fully saturated rings. The van der Waals surface area contributed by atoms with E-state index in [2.05, 4.69) is 18.9 Å². The topological polar surface area (TPSA) is 96.5 Å². The van der Waals surface area contributed by atoms with Crippen LogP contribution in [0.2, 0.25) is 0 Å². The Hall–Kier alpha value is -2.90. The molecule has 0 amide bonds. The van der Waals surface area contributed by atoms with E-state index >= 15 is 0 Å². The molecule has 0 N–H and O–H groups in total. The smallest absolute Gasteiger partial charge is 0.327 e. The Bertz CT molecular complexity index is 842. The number of ether oxygens (including phenoxy) is 2. The number of benzene rings is 1. The van der Waals surface area contributed by atoms with Gasteiger partial charge in [0.05, 0.1) is 4.92 Å². The minimum absolute atomic E-state index is 0.0775. The highest BCUT2D eigenvalue weighted by molar-refractivity contribution is 5.69. The van der Waals surface area contributed by atoms with Crippen LogP contribution in [-0.2, 0) is 16.1 Å². The van der Waals surface area contributed by atoms with Crippen molar-refractivity contribution in [1.82, 2.24) is 9.78 Å². The largest absolute Gasteiger partial charge is 0.490 e. The minimum Gasteiger partial charge on any atom is -0.490 e. The maximum Gasteiger partial charge on any atom is 0.327 e. The van der Waals surface area contributed by atoms with Crippen molar-refractivity contribution < 1.29 is 19.2 Å². The fraction of sp³-hybridized carbons (Fsp3) is 0.474. The molecule has 0 aliphatic carbocycles. The maximum atomic E-state index is 11.9. The maximum absolute atomic E-state index is 11.9. The molecule has 0 unspecified atom stereocenters. The van der Waals surface area contributed by atoms with E-state index in [1.54, 1.807) is 6.92 Å². The number of aryl methyl sites for hydroxylation is 2. The van der Waals surface area contributed by atoms with Crippen LogP contribution < -0.4 is 4.74 Å². The summed E-state index contributed by atoms with van der Waals surface area (Å²) in [6.45, 7) is 9.54. The van der Waals surface area contributed by atoms with E-state index in [9.17, 15) is 14.9 Å². The summed E-state index contributed by atoms with van der Waals surface area (Å²) in [5.74, 6) is 0.651. The van der Waals surface area contributed by atoms with Gasteiger partial charge < -0.3 is 9.47 Å². The van der Waals surface area contributed by atoms with Crippen molar-refractivity contribution in [2.24, 2.45) is 0 Å². The fourth-order valence-electron chi connectivity index (χ4n) is 2.97. The SMILES string of the molecule is Cc1cc(OCCOC(=O)Cn2nc(C)c([N+](=O)[O-])c2C)ccc1C(C)C. The monoisotopic (exact) mass is 375 g/mol. The molecule has 1 aromatic heterocycles. The summed E-state index contributed by atoms with van der Waals surface area (Å²) < 4.78 is 12.0. The number of nitrogens with zero attached hydrogens (tertiary/aromatic N) is 3. The number of carbonyl (C=O) groups excluding carboxylic acids is 1. The lowest BCUT2D eigenvalue weighted by molar-refractivity contribution is -0.386. The third kappa shape index (κ3) is 5.06. The molecule has 1 aromatic carbocycles. The lowest BCUT2D eigenvalue weighted by atomic mass is 9.98. The van der Waals surface area contributed by atoms with Crippen LogP contribution in [0.1, 0.15) is 42.3 Å². The molecule has 2 rings (SSSR count). The first kappa shape index (κ1) is 20.4. The van der Waals surface area contributed by atoms with Gasteiger partial charge in [0.25, 0.3) is 0 Å². The molecule has 1 heterocycles. The summed E-state index contributed by atoms with van der Waals surface area (Å²) in [5, 5.41) is 15.0. The zero-order valence-corrected chi connectivity index (χ0v) is 16.3. The molecule has 27 heavy (non-hydrogen) atoms. The Kier molecular flexibility index (Phi) is 6.55. The summed E-state index contributed by atoms with van der Waals surface area (Å²) >= 11 is 0. The van der Waals surface area contributed by atoms with Gasteiger partial charge in [0.1, 0.15) is 36.9 Å². The highest BCUT2D eigenvalue weighted by Gasteiger charge is 2.23. The Morgan fingerprint density at radius 3 is 2.52 bits per heavy atom. The lowest BCUT2D eigenvalue weighted by Gasteiger charge is -2.12. The third-order valence-electron chi connectivity index (χ3n) is 4.28. The molecule has 0 saturated heterocycles. The average molecular weight is 375 g/mol. The second-order valence-electron chi connectivity index (χ2n) is 6.68. The van der Waals surface area contributed by atoms with Gasteiger partial charge >= 0.3 is 11.7 Å². The van der Waals surface area contributed by atoms with Crippen LogP contribution in [0.5, 0.6) is 5.75 Å². The van der Waals surface area contributed by atoms with E-state index in [1.165, 1.54) is 17.2 Å². The summed E-state index contributed by atoms with van der Waals surface area (Å²) in [6.07, 6.45) is 0. The van der Waals surface area contributed by atoms with Crippen LogP contribution in [-0.4, -0.2) is 33.9 Å². The van der Waals surface area contributed by atoms with Gasteiger partial charge in [-0.15, -0.1) is 0 Å². The molecule has 8 heteroatoms. The van der Waals surface area contributed by atoms with Gasteiger partial charge in [-0.1, -0.05) is 19.9 Å². The summed E-state index contributed by atoms with van der Waals surface area (Å²) in [7, 11) is 0. The van der Waals surface area contributed by atoms with Gasteiger partial charge in [0, 0.05) is 0 Å². The number of hydrogen-bond donors (Lipinski definition) is 0. The Morgan fingerprint density at radius 1 is 1.26 bits per heavy atom. The van der Waals surface area contributed by atoms with Crippen molar-refractivity contribution in [3.63, 3.8) is 0 Å². The van der Waals surface area contributed by atoms with E-state index in [-0.39, 0.29) is 31.1 Å². The molecule has 2 aromatic rings. The zero-order chi connectivity index (χ0) is 20.1. The van der Waals surface area contributed by atoms with E-state index < -0.39 is 10.9 Å². The molecule has 8 nitrogen and oxygen atoms in total. The highest BCUT2D eigenvalue weighted by atomic mass is 16.6. The van der Waals surface area contributed by atoms with Crippen LogP contribution in [0.15, 0.2) is 18.2 Å². The number of rotatable bonds is 8. The predicted molar refractivity (Wildman–Crippen MR) is 100 cm³/mol. The highest BCUT2D eigenvalue weighted by Crippen LogP contribution is 2.23.